The SMILES string of the molecule is COc1ccc(C(=O)C2CCN(C(=O)N(C)c3ccc(C(C)(C)O)cc3)CC2)cc1. The minimum absolute atomic E-state index is 0.0705. The van der Waals surface area contributed by atoms with E-state index in [4.69, 9.17) is 4.74 Å². The molecule has 1 fully saturated rings. The van der Waals surface area contributed by atoms with Crippen molar-refractivity contribution in [2.45, 2.75) is 32.3 Å². The smallest absolute Gasteiger partial charge is 0.324 e. The Morgan fingerprint density at radius 1 is 1.03 bits per heavy atom. The molecule has 30 heavy (non-hydrogen) atoms. The molecule has 2 amide bonds. The first-order chi connectivity index (χ1) is 14.2. The van der Waals surface area contributed by atoms with Gasteiger partial charge in [-0.1, -0.05) is 12.1 Å². The number of urea groups is 1. The maximum Gasteiger partial charge on any atom is 0.324 e. The monoisotopic (exact) mass is 410 g/mol. The van der Waals surface area contributed by atoms with Crippen LogP contribution >= 0.6 is 0 Å². The third-order valence-corrected chi connectivity index (χ3v) is 5.76. The van der Waals surface area contributed by atoms with Crippen LogP contribution in [0.4, 0.5) is 10.5 Å². The molecule has 2 aromatic rings. The van der Waals surface area contributed by atoms with E-state index in [1.54, 1.807) is 62.1 Å². The summed E-state index contributed by atoms with van der Waals surface area (Å²) >= 11 is 0. The van der Waals surface area contributed by atoms with Crippen LogP contribution in [0.2, 0.25) is 0 Å². The molecule has 0 radical (unpaired) electrons. The molecule has 6 heteroatoms. The zero-order chi connectivity index (χ0) is 21.9. The van der Waals surface area contributed by atoms with Crippen LogP contribution < -0.4 is 9.64 Å². The van der Waals surface area contributed by atoms with Crippen LogP contribution in [0.1, 0.15) is 42.6 Å². The molecule has 0 atom stereocenters. The number of methoxy groups -OCH3 is 1. The van der Waals surface area contributed by atoms with Crippen molar-refractivity contribution in [3.05, 3.63) is 59.7 Å². The average Bonchev–Trinajstić information content (AvgIpc) is 2.77. The van der Waals surface area contributed by atoms with Gasteiger partial charge in [0, 0.05) is 37.3 Å². The number of Topliss-reactive ketones (excluding diaryl/α,β-unsaturated/α-hetero) is 1. The summed E-state index contributed by atoms with van der Waals surface area (Å²) < 4.78 is 5.14. The summed E-state index contributed by atoms with van der Waals surface area (Å²) in [6.45, 7) is 4.57. The molecule has 160 valence electrons. The zero-order valence-corrected chi connectivity index (χ0v) is 18.1. The molecule has 1 aliphatic heterocycles. The molecule has 1 heterocycles. The van der Waals surface area contributed by atoms with E-state index < -0.39 is 5.60 Å². The number of ketones is 1. The third-order valence-electron chi connectivity index (χ3n) is 5.76. The molecular formula is C24H30N2O4. The number of nitrogens with zero attached hydrogens (tertiary/aromatic N) is 2. The number of aliphatic hydroxyl groups is 1. The first-order valence-electron chi connectivity index (χ1n) is 10.2. The van der Waals surface area contributed by atoms with Gasteiger partial charge in [-0.15, -0.1) is 0 Å². The van der Waals surface area contributed by atoms with E-state index in [2.05, 4.69) is 0 Å². The summed E-state index contributed by atoms with van der Waals surface area (Å²) in [7, 11) is 3.35. The van der Waals surface area contributed by atoms with Crippen molar-refractivity contribution >= 4 is 17.5 Å². The number of anilines is 1. The van der Waals surface area contributed by atoms with E-state index in [1.165, 1.54) is 0 Å². The van der Waals surface area contributed by atoms with Gasteiger partial charge in [-0.05, 0) is 68.7 Å². The number of likely N-dealkylation sites (tertiary alicyclic amines) is 1. The lowest BCUT2D eigenvalue weighted by atomic mass is 9.89. The summed E-state index contributed by atoms with van der Waals surface area (Å²) in [5.74, 6) is 0.782. The zero-order valence-electron chi connectivity index (χ0n) is 18.1. The fourth-order valence-electron chi connectivity index (χ4n) is 3.74. The van der Waals surface area contributed by atoms with Crippen LogP contribution in [0.25, 0.3) is 0 Å². The largest absolute Gasteiger partial charge is 0.497 e. The predicted octanol–water partition coefficient (Wildman–Crippen LogP) is 4.07. The van der Waals surface area contributed by atoms with E-state index in [9.17, 15) is 14.7 Å². The van der Waals surface area contributed by atoms with Gasteiger partial charge >= 0.3 is 6.03 Å². The Hall–Kier alpha value is -2.86. The fourth-order valence-corrected chi connectivity index (χ4v) is 3.74. The molecule has 3 rings (SSSR count). The second-order valence-electron chi connectivity index (χ2n) is 8.30. The Bertz CT molecular complexity index is 877. The number of carbonyl (C=O) groups is 2. The number of rotatable bonds is 5. The molecule has 0 spiro atoms. The second kappa shape index (κ2) is 8.88. The highest BCUT2D eigenvalue weighted by Crippen LogP contribution is 2.26. The number of amides is 2. The highest BCUT2D eigenvalue weighted by molar-refractivity contribution is 5.98. The average molecular weight is 411 g/mol. The highest BCUT2D eigenvalue weighted by Gasteiger charge is 2.29. The molecule has 1 aliphatic rings. The maximum atomic E-state index is 12.9. The van der Waals surface area contributed by atoms with Gasteiger partial charge in [-0.25, -0.2) is 4.79 Å². The van der Waals surface area contributed by atoms with Gasteiger partial charge < -0.3 is 14.7 Å². The molecule has 0 aromatic heterocycles. The summed E-state index contributed by atoms with van der Waals surface area (Å²) in [5.41, 5.74) is 1.33. The molecule has 1 saturated heterocycles. The summed E-state index contributed by atoms with van der Waals surface area (Å²) in [6.07, 6.45) is 1.31. The van der Waals surface area contributed by atoms with E-state index in [1.807, 2.05) is 24.3 Å². The lowest BCUT2D eigenvalue weighted by molar-refractivity contribution is 0.0785. The van der Waals surface area contributed by atoms with Crippen molar-refractivity contribution in [1.82, 2.24) is 4.90 Å². The van der Waals surface area contributed by atoms with Crippen LogP contribution in [-0.4, -0.2) is 49.1 Å². The third kappa shape index (κ3) is 4.82. The second-order valence-corrected chi connectivity index (χ2v) is 8.30. The van der Waals surface area contributed by atoms with Crippen LogP contribution in [0.3, 0.4) is 0 Å². The van der Waals surface area contributed by atoms with Crippen molar-refractivity contribution in [1.29, 1.82) is 0 Å². The van der Waals surface area contributed by atoms with E-state index in [-0.39, 0.29) is 17.7 Å². The first kappa shape index (κ1) is 21.8. The molecule has 0 aliphatic carbocycles. The molecule has 0 unspecified atom stereocenters. The lowest BCUT2D eigenvalue weighted by Gasteiger charge is -2.34. The minimum Gasteiger partial charge on any atom is -0.497 e. The molecule has 1 N–H and O–H groups in total. The van der Waals surface area contributed by atoms with Crippen molar-refractivity contribution in [3.8, 4) is 5.75 Å². The van der Waals surface area contributed by atoms with Crippen LogP contribution in [0.5, 0.6) is 5.75 Å². The molecule has 0 bridgehead atoms. The summed E-state index contributed by atoms with van der Waals surface area (Å²) in [5, 5.41) is 10.1. The number of hydrogen-bond donors (Lipinski definition) is 1. The van der Waals surface area contributed by atoms with Gasteiger partial charge in [0.05, 0.1) is 12.7 Å². The number of ether oxygens (including phenoxy) is 1. The van der Waals surface area contributed by atoms with Gasteiger partial charge in [-0.2, -0.15) is 0 Å². The fraction of sp³-hybridized carbons (Fsp3) is 0.417. The van der Waals surface area contributed by atoms with Gasteiger partial charge in [0.2, 0.25) is 0 Å². The first-order valence-corrected chi connectivity index (χ1v) is 10.2. The Kier molecular flexibility index (Phi) is 6.46. The number of carbonyl (C=O) groups excluding carboxylic acids is 2. The standard InChI is InChI=1S/C24H30N2O4/c1-24(2,29)19-7-9-20(10-8-19)25(3)23(28)26-15-13-18(14-16-26)22(27)17-5-11-21(30-4)12-6-17/h5-12,18,29H,13-16H2,1-4H3. The highest BCUT2D eigenvalue weighted by atomic mass is 16.5. The Balaban J connectivity index is 1.58. The molecular weight excluding hydrogens is 380 g/mol. The normalized spacial score (nSPS) is 15.0. The quantitative estimate of drug-likeness (QED) is 0.755. The van der Waals surface area contributed by atoms with E-state index in [0.29, 0.717) is 31.5 Å². The van der Waals surface area contributed by atoms with Crippen molar-refractivity contribution in [3.63, 3.8) is 0 Å². The van der Waals surface area contributed by atoms with Gasteiger partial charge in [-0.3, -0.25) is 9.69 Å². The Morgan fingerprint density at radius 2 is 1.60 bits per heavy atom. The minimum atomic E-state index is -0.917. The Morgan fingerprint density at radius 3 is 2.10 bits per heavy atom. The predicted molar refractivity (Wildman–Crippen MR) is 117 cm³/mol. The van der Waals surface area contributed by atoms with Crippen molar-refractivity contribution in [2.75, 3.05) is 32.1 Å². The van der Waals surface area contributed by atoms with E-state index >= 15 is 0 Å². The van der Waals surface area contributed by atoms with Crippen LogP contribution in [0.15, 0.2) is 48.5 Å². The molecule has 0 saturated carbocycles. The van der Waals surface area contributed by atoms with Gasteiger partial charge in [0.15, 0.2) is 5.78 Å². The van der Waals surface area contributed by atoms with Crippen molar-refractivity contribution in [2.24, 2.45) is 5.92 Å². The number of benzene rings is 2. The number of hydrogen-bond acceptors (Lipinski definition) is 4. The lowest BCUT2D eigenvalue weighted by Crippen LogP contribution is -2.46. The topological polar surface area (TPSA) is 70.1 Å². The molecule has 2 aromatic carbocycles. The van der Waals surface area contributed by atoms with Crippen LogP contribution in [-0.2, 0) is 5.60 Å². The summed E-state index contributed by atoms with van der Waals surface area (Å²) in [6, 6.07) is 14.4. The van der Waals surface area contributed by atoms with Crippen LogP contribution in [0, 0.1) is 5.92 Å². The van der Waals surface area contributed by atoms with E-state index in [0.717, 1.165) is 17.0 Å². The molecule has 6 nitrogen and oxygen atoms in total. The summed E-state index contributed by atoms with van der Waals surface area (Å²) in [4.78, 5) is 29.1. The van der Waals surface area contributed by atoms with Gasteiger partial charge in [0.25, 0.3) is 0 Å². The van der Waals surface area contributed by atoms with Crippen molar-refractivity contribution < 1.29 is 19.4 Å². The van der Waals surface area contributed by atoms with Gasteiger partial charge in [0.1, 0.15) is 5.75 Å². The Labute approximate surface area is 178 Å². The number of piperidine rings is 1. The maximum absolute atomic E-state index is 12.9.